The lowest BCUT2D eigenvalue weighted by molar-refractivity contribution is -0.116. The number of anilines is 3. The molecular weight excluding hydrogens is 436 g/mol. The van der Waals surface area contributed by atoms with Gasteiger partial charge < -0.3 is 19.9 Å². The van der Waals surface area contributed by atoms with E-state index in [1.807, 2.05) is 48.5 Å². The first kappa shape index (κ1) is 22.8. The molecule has 10 nitrogen and oxygen atoms in total. The second-order valence-electron chi connectivity index (χ2n) is 7.87. The van der Waals surface area contributed by atoms with Gasteiger partial charge in [-0.05, 0) is 42.8 Å². The Hall–Kier alpha value is -4.34. The predicted molar refractivity (Wildman–Crippen MR) is 131 cm³/mol. The van der Waals surface area contributed by atoms with E-state index in [-0.39, 0.29) is 12.3 Å². The van der Waals surface area contributed by atoms with E-state index in [1.165, 1.54) is 17.9 Å². The third-order valence-electron chi connectivity index (χ3n) is 5.59. The number of nitrogens with zero attached hydrogens (tertiary/aromatic N) is 4. The van der Waals surface area contributed by atoms with Crippen molar-refractivity contribution in [3.8, 4) is 5.75 Å². The van der Waals surface area contributed by atoms with Crippen molar-refractivity contribution in [3.05, 3.63) is 75.7 Å². The summed E-state index contributed by atoms with van der Waals surface area (Å²) in [6, 6.07) is 15.0. The lowest BCUT2D eigenvalue weighted by Crippen LogP contribution is -2.37. The number of methoxy groups -OCH3 is 1. The fraction of sp³-hybridized carbons (Fsp3) is 0.250. The van der Waals surface area contributed by atoms with Crippen LogP contribution in [0.2, 0.25) is 0 Å². The predicted octanol–water partition coefficient (Wildman–Crippen LogP) is 2.60. The number of rotatable bonds is 8. The summed E-state index contributed by atoms with van der Waals surface area (Å²) in [6.45, 7) is 0.420. The number of aryl methyl sites for hydroxylation is 2. The Morgan fingerprint density at radius 1 is 1.00 bits per heavy atom. The first-order valence-corrected chi connectivity index (χ1v) is 10.8. The number of carbonyl (C=O) groups excluding carboxylic acids is 1. The van der Waals surface area contributed by atoms with E-state index in [9.17, 15) is 14.4 Å². The summed E-state index contributed by atoms with van der Waals surface area (Å²) in [7, 11) is 4.63. The second kappa shape index (κ2) is 9.65. The Bertz CT molecular complexity index is 1450. The Kier molecular flexibility index (Phi) is 6.48. The average Bonchev–Trinajstić information content (AvgIpc) is 3.27. The van der Waals surface area contributed by atoms with Gasteiger partial charge in [-0.15, -0.1) is 0 Å². The summed E-state index contributed by atoms with van der Waals surface area (Å²) in [5, 5.41) is 6.25. The minimum atomic E-state index is -0.427. The normalized spacial score (nSPS) is 10.9. The Balaban J connectivity index is 1.41. The highest BCUT2D eigenvalue weighted by Gasteiger charge is 2.14. The van der Waals surface area contributed by atoms with E-state index in [4.69, 9.17) is 4.74 Å². The molecule has 0 bridgehead atoms. The molecule has 176 valence electrons. The molecule has 0 saturated carbocycles. The van der Waals surface area contributed by atoms with Gasteiger partial charge in [0.1, 0.15) is 5.75 Å². The van der Waals surface area contributed by atoms with Crippen LogP contribution in [0.4, 0.5) is 17.1 Å². The van der Waals surface area contributed by atoms with Crippen molar-refractivity contribution < 1.29 is 9.53 Å². The van der Waals surface area contributed by atoms with Gasteiger partial charge in [-0.25, -0.2) is 9.78 Å². The molecule has 2 N–H and O–H groups in total. The van der Waals surface area contributed by atoms with E-state index in [0.717, 1.165) is 21.7 Å². The summed E-state index contributed by atoms with van der Waals surface area (Å²) in [6.07, 6.45) is 2.28. The van der Waals surface area contributed by atoms with Crippen molar-refractivity contribution in [1.82, 2.24) is 18.7 Å². The van der Waals surface area contributed by atoms with Crippen molar-refractivity contribution in [2.24, 2.45) is 14.1 Å². The van der Waals surface area contributed by atoms with E-state index in [1.54, 1.807) is 18.7 Å². The fourth-order valence-electron chi connectivity index (χ4n) is 3.72. The highest BCUT2D eigenvalue weighted by molar-refractivity contribution is 5.94. The van der Waals surface area contributed by atoms with Crippen LogP contribution in [0.15, 0.2) is 64.4 Å². The van der Waals surface area contributed by atoms with Crippen molar-refractivity contribution in [2.45, 2.75) is 19.4 Å². The van der Waals surface area contributed by atoms with Crippen LogP contribution in [0.3, 0.4) is 0 Å². The third-order valence-corrected chi connectivity index (χ3v) is 5.59. The third kappa shape index (κ3) is 4.56. The minimum Gasteiger partial charge on any atom is -0.497 e. The minimum absolute atomic E-state index is 0.145. The molecule has 0 aliphatic carbocycles. The highest BCUT2D eigenvalue weighted by Crippen LogP contribution is 2.26. The van der Waals surface area contributed by atoms with Crippen LogP contribution in [0, 0.1) is 0 Å². The van der Waals surface area contributed by atoms with Gasteiger partial charge in [0.15, 0.2) is 11.2 Å². The van der Waals surface area contributed by atoms with Crippen LogP contribution in [0.25, 0.3) is 11.2 Å². The largest absolute Gasteiger partial charge is 0.497 e. The van der Waals surface area contributed by atoms with E-state index in [2.05, 4.69) is 15.6 Å². The molecule has 0 unspecified atom stereocenters. The van der Waals surface area contributed by atoms with E-state index >= 15 is 0 Å². The number of hydrogen-bond acceptors (Lipinski definition) is 6. The quantitative estimate of drug-likeness (QED) is 0.416. The average molecular weight is 463 g/mol. The van der Waals surface area contributed by atoms with Gasteiger partial charge in [-0.1, -0.05) is 12.1 Å². The number of imidazole rings is 1. The van der Waals surface area contributed by atoms with Gasteiger partial charge >= 0.3 is 5.69 Å². The summed E-state index contributed by atoms with van der Waals surface area (Å²) in [5.74, 6) is 0.617. The maximum Gasteiger partial charge on any atom is 0.332 e. The van der Waals surface area contributed by atoms with Gasteiger partial charge in [0.05, 0.1) is 24.8 Å². The maximum atomic E-state index is 12.6. The van der Waals surface area contributed by atoms with Crippen molar-refractivity contribution in [1.29, 1.82) is 0 Å². The van der Waals surface area contributed by atoms with Gasteiger partial charge in [-0.3, -0.25) is 18.7 Å². The van der Waals surface area contributed by atoms with E-state index in [0.29, 0.717) is 29.8 Å². The molecule has 0 atom stereocenters. The van der Waals surface area contributed by atoms with Gasteiger partial charge in [0.2, 0.25) is 5.91 Å². The second-order valence-corrected chi connectivity index (χ2v) is 7.87. The smallest absolute Gasteiger partial charge is 0.332 e. The molecule has 10 heteroatoms. The number of benzene rings is 2. The standard InChI is InChI=1S/C24H26N6O4/c1-28-22-21(23(32)29(2)24(28)33)30(15-25-22)14-6-9-20(31)27-19-8-5-4-7-18(19)26-16-10-12-17(34-3)13-11-16/h4-5,7-8,10-13,15,26H,6,9,14H2,1-3H3,(H,27,31). The number of aromatic nitrogens is 4. The molecule has 0 aliphatic rings. The number of hydrogen-bond donors (Lipinski definition) is 2. The number of ether oxygens (including phenoxy) is 1. The lowest BCUT2D eigenvalue weighted by Gasteiger charge is -2.13. The summed E-state index contributed by atoms with van der Waals surface area (Å²) < 4.78 is 9.26. The van der Waals surface area contributed by atoms with Crippen molar-refractivity contribution in [3.63, 3.8) is 0 Å². The number of nitrogens with one attached hydrogen (secondary N) is 2. The molecule has 0 radical (unpaired) electrons. The molecule has 0 saturated heterocycles. The van der Waals surface area contributed by atoms with Crippen LogP contribution in [-0.2, 0) is 25.4 Å². The van der Waals surface area contributed by atoms with Crippen LogP contribution in [0.5, 0.6) is 5.75 Å². The number of fused-ring (bicyclic) bond motifs is 1. The zero-order chi connectivity index (χ0) is 24.2. The molecule has 0 fully saturated rings. The Morgan fingerprint density at radius 2 is 1.71 bits per heavy atom. The summed E-state index contributed by atoms with van der Waals surface area (Å²) >= 11 is 0. The SMILES string of the molecule is COc1ccc(Nc2ccccc2NC(=O)CCCn2cnc3c2c(=O)n(C)c(=O)n3C)cc1. The summed E-state index contributed by atoms with van der Waals surface area (Å²) in [4.78, 5) is 41.4. The number of para-hydroxylation sites is 2. The zero-order valence-corrected chi connectivity index (χ0v) is 19.2. The first-order chi connectivity index (χ1) is 16.4. The molecule has 2 heterocycles. The topological polar surface area (TPSA) is 112 Å². The highest BCUT2D eigenvalue weighted by atomic mass is 16.5. The molecule has 4 aromatic rings. The molecule has 2 aromatic carbocycles. The van der Waals surface area contributed by atoms with Crippen LogP contribution in [0.1, 0.15) is 12.8 Å². The molecule has 2 aromatic heterocycles. The monoisotopic (exact) mass is 462 g/mol. The molecule has 0 aliphatic heterocycles. The van der Waals surface area contributed by atoms with Crippen LogP contribution in [-0.4, -0.2) is 31.7 Å². The summed E-state index contributed by atoms with van der Waals surface area (Å²) in [5.41, 5.74) is 2.15. The molecule has 0 spiro atoms. The molecule has 1 amide bonds. The molecular formula is C24H26N6O4. The first-order valence-electron chi connectivity index (χ1n) is 10.8. The molecule has 34 heavy (non-hydrogen) atoms. The Morgan fingerprint density at radius 3 is 2.41 bits per heavy atom. The lowest BCUT2D eigenvalue weighted by atomic mass is 10.2. The molecule has 4 rings (SSSR count). The Labute approximate surface area is 195 Å². The number of carbonyl (C=O) groups is 1. The van der Waals surface area contributed by atoms with Gasteiger partial charge in [0, 0.05) is 32.7 Å². The van der Waals surface area contributed by atoms with Gasteiger partial charge in [0.25, 0.3) is 5.56 Å². The fourth-order valence-corrected chi connectivity index (χ4v) is 3.72. The van der Waals surface area contributed by atoms with Crippen LogP contribution >= 0.6 is 0 Å². The number of amides is 1. The van der Waals surface area contributed by atoms with Crippen molar-refractivity contribution in [2.75, 3.05) is 17.7 Å². The van der Waals surface area contributed by atoms with E-state index < -0.39 is 11.2 Å². The maximum absolute atomic E-state index is 12.6. The van der Waals surface area contributed by atoms with Gasteiger partial charge in [-0.2, -0.15) is 0 Å². The van der Waals surface area contributed by atoms with Crippen molar-refractivity contribution >= 4 is 34.1 Å². The van der Waals surface area contributed by atoms with Crippen LogP contribution < -0.4 is 26.6 Å². The zero-order valence-electron chi connectivity index (χ0n) is 19.2.